The van der Waals surface area contributed by atoms with Crippen molar-refractivity contribution in [3.8, 4) is 17.2 Å². The first-order chi connectivity index (χ1) is 12.4. The Morgan fingerprint density at radius 1 is 1.00 bits per heavy atom. The van der Waals surface area contributed by atoms with Gasteiger partial charge in [-0.1, -0.05) is 6.07 Å². The summed E-state index contributed by atoms with van der Waals surface area (Å²) in [4.78, 5) is 0.122. The van der Waals surface area contributed by atoms with Crippen molar-refractivity contribution in [3.05, 3.63) is 48.0 Å². The lowest BCUT2D eigenvalue weighted by Gasteiger charge is -2.12. The van der Waals surface area contributed by atoms with Crippen molar-refractivity contribution >= 4 is 10.0 Å². The number of nitrogens with one attached hydrogen (secondary N) is 1. The predicted octanol–water partition coefficient (Wildman–Crippen LogP) is 2.83. The van der Waals surface area contributed by atoms with Crippen LogP contribution in [-0.2, 0) is 16.4 Å². The molecule has 0 atom stereocenters. The Labute approximate surface area is 150 Å². The van der Waals surface area contributed by atoms with Gasteiger partial charge in [0.05, 0.1) is 19.1 Å². The molecule has 2 aromatic rings. The Hall–Kier alpha value is -2.39. The van der Waals surface area contributed by atoms with Crippen molar-refractivity contribution in [1.29, 1.82) is 0 Å². The summed E-state index contributed by atoms with van der Waals surface area (Å²) in [5, 5.41) is 0. The molecule has 2 rings (SSSR count). The van der Waals surface area contributed by atoms with Crippen LogP contribution >= 0.6 is 0 Å². The highest BCUT2D eigenvalue weighted by molar-refractivity contribution is 7.89. The van der Waals surface area contributed by atoms with E-state index >= 15 is 0 Å². The summed E-state index contributed by atoms with van der Waals surface area (Å²) >= 11 is 0. The highest BCUT2D eigenvalue weighted by Crippen LogP contribution is 2.29. The van der Waals surface area contributed by atoms with E-state index in [-0.39, 0.29) is 22.9 Å². The van der Waals surface area contributed by atoms with Crippen LogP contribution in [0, 0.1) is 0 Å². The fourth-order valence-electron chi connectivity index (χ4n) is 2.23. The van der Waals surface area contributed by atoms with Crippen LogP contribution in [0.25, 0.3) is 0 Å². The summed E-state index contributed by atoms with van der Waals surface area (Å²) in [5.74, 6) is 0.632. The molecule has 0 aliphatic carbocycles. The summed E-state index contributed by atoms with van der Waals surface area (Å²) in [6.07, 6.45) is 0.348. The van der Waals surface area contributed by atoms with E-state index in [0.29, 0.717) is 17.7 Å². The highest BCUT2D eigenvalue weighted by Gasteiger charge is 2.14. The van der Waals surface area contributed by atoms with Gasteiger partial charge in [0.1, 0.15) is 5.75 Å². The SMILES string of the molecule is COc1ccc(S(=O)(=O)NCCc2ccc(OC(F)F)c(OC)c2)cc1. The third kappa shape index (κ3) is 5.30. The van der Waals surface area contributed by atoms with Crippen molar-refractivity contribution in [1.82, 2.24) is 4.72 Å². The van der Waals surface area contributed by atoms with Crippen LogP contribution in [0.2, 0.25) is 0 Å². The average Bonchev–Trinajstić information content (AvgIpc) is 2.62. The molecule has 26 heavy (non-hydrogen) atoms. The summed E-state index contributed by atoms with van der Waals surface area (Å²) in [7, 11) is -0.825. The van der Waals surface area contributed by atoms with Crippen molar-refractivity contribution in [2.75, 3.05) is 20.8 Å². The van der Waals surface area contributed by atoms with Crippen LogP contribution in [0.1, 0.15) is 5.56 Å². The van der Waals surface area contributed by atoms with Gasteiger partial charge in [0.2, 0.25) is 10.0 Å². The summed E-state index contributed by atoms with van der Waals surface area (Å²) in [6, 6.07) is 10.5. The Morgan fingerprint density at radius 2 is 1.69 bits per heavy atom. The number of halogens is 2. The van der Waals surface area contributed by atoms with Gasteiger partial charge < -0.3 is 14.2 Å². The molecule has 0 saturated heterocycles. The van der Waals surface area contributed by atoms with Crippen LogP contribution < -0.4 is 18.9 Å². The zero-order valence-electron chi connectivity index (χ0n) is 14.2. The Morgan fingerprint density at radius 3 is 2.27 bits per heavy atom. The van der Waals surface area contributed by atoms with Crippen LogP contribution in [-0.4, -0.2) is 35.8 Å². The van der Waals surface area contributed by atoms with Crippen molar-refractivity contribution in [3.63, 3.8) is 0 Å². The Bertz CT molecular complexity index is 826. The smallest absolute Gasteiger partial charge is 0.387 e. The number of methoxy groups -OCH3 is 2. The first-order valence-electron chi connectivity index (χ1n) is 7.61. The first kappa shape index (κ1) is 19.9. The van der Waals surface area contributed by atoms with Crippen LogP contribution in [0.5, 0.6) is 17.2 Å². The van der Waals surface area contributed by atoms with Crippen molar-refractivity contribution in [2.24, 2.45) is 0 Å². The van der Waals surface area contributed by atoms with Gasteiger partial charge in [0.15, 0.2) is 11.5 Å². The van der Waals surface area contributed by atoms with Gasteiger partial charge in [0.25, 0.3) is 0 Å². The second-order valence-corrected chi connectivity index (χ2v) is 6.95. The molecule has 0 aliphatic heterocycles. The van der Waals surface area contributed by atoms with Crippen LogP contribution in [0.15, 0.2) is 47.4 Å². The van der Waals surface area contributed by atoms with E-state index in [1.807, 2.05) is 0 Å². The molecule has 142 valence electrons. The van der Waals surface area contributed by atoms with Crippen LogP contribution in [0.4, 0.5) is 8.78 Å². The summed E-state index contributed by atoms with van der Waals surface area (Å²) in [6.45, 7) is -2.82. The summed E-state index contributed by atoms with van der Waals surface area (Å²) < 4.78 is 66.0. The first-order valence-corrected chi connectivity index (χ1v) is 9.09. The minimum Gasteiger partial charge on any atom is -0.497 e. The van der Waals surface area contributed by atoms with Gasteiger partial charge in [-0.2, -0.15) is 8.78 Å². The minimum atomic E-state index is -3.66. The number of ether oxygens (including phenoxy) is 3. The Balaban J connectivity index is 1.99. The van der Waals surface area contributed by atoms with Crippen LogP contribution in [0.3, 0.4) is 0 Å². The molecule has 2 aromatic carbocycles. The number of alkyl halides is 2. The number of hydrogen-bond acceptors (Lipinski definition) is 5. The van der Waals surface area contributed by atoms with Gasteiger partial charge in [-0.25, -0.2) is 13.1 Å². The minimum absolute atomic E-state index is 0.0786. The lowest BCUT2D eigenvalue weighted by molar-refractivity contribution is -0.0512. The zero-order chi connectivity index (χ0) is 19.2. The fraction of sp³-hybridized carbons (Fsp3) is 0.294. The maximum atomic E-state index is 12.3. The molecule has 0 radical (unpaired) electrons. The van der Waals surface area contributed by atoms with E-state index in [9.17, 15) is 17.2 Å². The molecule has 1 N–H and O–H groups in total. The molecule has 0 heterocycles. The molecule has 0 fully saturated rings. The third-order valence-electron chi connectivity index (χ3n) is 3.52. The molecule has 0 bridgehead atoms. The normalized spacial score (nSPS) is 11.4. The number of hydrogen-bond donors (Lipinski definition) is 1. The highest BCUT2D eigenvalue weighted by atomic mass is 32.2. The van der Waals surface area contributed by atoms with Gasteiger partial charge in [-0.15, -0.1) is 0 Å². The second kappa shape index (κ2) is 8.81. The molecule has 0 amide bonds. The van der Waals surface area contributed by atoms with E-state index in [1.165, 1.54) is 38.5 Å². The topological polar surface area (TPSA) is 73.9 Å². The monoisotopic (exact) mass is 387 g/mol. The number of benzene rings is 2. The average molecular weight is 387 g/mol. The maximum absolute atomic E-state index is 12.3. The second-order valence-electron chi connectivity index (χ2n) is 5.19. The molecule has 0 unspecified atom stereocenters. The van der Waals surface area contributed by atoms with Gasteiger partial charge >= 0.3 is 6.61 Å². The van der Waals surface area contributed by atoms with Crippen molar-refractivity contribution < 1.29 is 31.4 Å². The number of sulfonamides is 1. The fourth-order valence-corrected chi connectivity index (χ4v) is 3.26. The third-order valence-corrected chi connectivity index (χ3v) is 5.00. The number of rotatable bonds is 9. The predicted molar refractivity (Wildman–Crippen MR) is 91.5 cm³/mol. The lowest BCUT2D eigenvalue weighted by atomic mass is 10.1. The van der Waals surface area contributed by atoms with Crippen molar-refractivity contribution in [2.45, 2.75) is 17.9 Å². The molecule has 6 nitrogen and oxygen atoms in total. The standard InChI is InChI=1S/C17H19F2NO5S/c1-23-13-4-6-14(7-5-13)26(21,22)20-10-9-12-3-8-15(25-17(18)19)16(11-12)24-2/h3-8,11,17,20H,9-10H2,1-2H3. The molecule has 0 aliphatic rings. The maximum Gasteiger partial charge on any atom is 0.387 e. The molecule has 0 saturated carbocycles. The van der Waals surface area contributed by atoms with E-state index < -0.39 is 16.6 Å². The largest absolute Gasteiger partial charge is 0.497 e. The van der Waals surface area contributed by atoms with Gasteiger partial charge in [0, 0.05) is 6.54 Å². The van der Waals surface area contributed by atoms with Gasteiger partial charge in [-0.05, 0) is 48.4 Å². The molecular formula is C17H19F2NO5S. The Kier molecular flexibility index (Phi) is 6.76. The van der Waals surface area contributed by atoms with E-state index in [1.54, 1.807) is 18.2 Å². The summed E-state index contributed by atoms with van der Waals surface area (Å²) in [5.41, 5.74) is 0.709. The lowest BCUT2D eigenvalue weighted by Crippen LogP contribution is -2.26. The van der Waals surface area contributed by atoms with Gasteiger partial charge in [-0.3, -0.25) is 0 Å². The quantitative estimate of drug-likeness (QED) is 0.716. The van der Waals surface area contributed by atoms with E-state index in [0.717, 1.165) is 0 Å². The molecule has 0 spiro atoms. The zero-order valence-corrected chi connectivity index (χ0v) is 15.1. The molecule has 0 aromatic heterocycles. The van der Waals surface area contributed by atoms with E-state index in [4.69, 9.17) is 9.47 Å². The van der Waals surface area contributed by atoms with E-state index in [2.05, 4.69) is 9.46 Å². The molecule has 9 heteroatoms. The molecular weight excluding hydrogens is 368 g/mol.